The molecule has 1 N–H and O–H groups in total. The van der Waals surface area contributed by atoms with Gasteiger partial charge in [0.15, 0.2) is 5.13 Å². The van der Waals surface area contributed by atoms with Crippen LogP contribution in [0.5, 0.6) is 5.75 Å². The number of terminal acetylenes is 1. The second kappa shape index (κ2) is 9.57. The summed E-state index contributed by atoms with van der Waals surface area (Å²) >= 11 is 8.19. The van der Waals surface area contributed by atoms with Crippen LogP contribution in [0.25, 0.3) is 11.3 Å². The maximum Gasteiger partial charge on any atom is 0.184 e. The number of anilines is 1. The van der Waals surface area contributed by atoms with Gasteiger partial charge in [-0.3, -0.25) is 0 Å². The second-order valence-corrected chi connectivity index (χ2v) is 10.3. The summed E-state index contributed by atoms with van der Waals surface area (Å²) in [5.41, 5.74) is 5.38. The molecule has 0 aliphatic heterocycles. The summed E-state index contributed by atoms with van der Waals surface area (Å²) in [7, 11) is 1.65. The monoisotopic (exact) mass is 464 g/mol. The van der Waals surface area contributed by atoms with Gasteiger partial charge in [0.2, 0.25) is 0 Å². The summed E-state index contributed by atoms with van der Waals surface area (Å²) in [5, 5.41) is 5.03. The van der Waals surface area contributed by atoms with Crippen molar-refractivity contribution in [1.29, 1.82) is 0 Å². The number of ether oxygens (including phenoxy) is 1. The Morgan fingerprint density at radius 2 is 1.94 bits per heavy atom. The first-order chi connectivity index (χ1) is 15.4. The van der Waals surface area contributed by atoms with Gasteiger partial charge in [-0.1, -0.05) is 60.2 Å². The number of nitrogens with one attached hydrogen (secondary N) is 1. The highest BCUT2D eigenvalue weighted by Crippen LogP contribution is 2.42. The van der Waals surface area contributed by atoms with Gasteiger partial charge in [0, 0.05) is 16.4 Å². The number of thiazole rings is 1. The van der Waals surface area contributed by atoms with Gasteiger partial charge in [0.25, 0.3) is 0 Å². The molecule has 32 heavy (non-hydrogen) atoms. The average Bonchev–Trinajstić information content (AvgIpc) is 3.53. The molecule has 3 aromatic rings. The summed E-state index contributed by atoms with van der Waals surface area (Å²) in [4.78, 5) is 6.00. The Bertz CT molecular complexity index is 1140. The van der Waals surface area contributed by atoms with Crippen LogP contribution in [0.1, 0.15) is 46.7 Å². The summed E-state index contributed by atoms with van der Waals surface area (Å²) in [6.07, 6.45) is 9.75. The smallest absolute Gasteiger partial charge is 0.184 e. The van der Waals surface area contributed by atoms with E-state index in [1.807, 2.05) is 19.1 Å². The van der Waals surface area contributed by atoms with Crippen LogP contribution in [0.2, 0.25) is 5.02 Å². The van der Waals surface area contributed by atoms with E-state index in [1.54, 1.807) is 18.4 Å². The van der Waals surface area contributed by atoms with E-state index in [9.17, 15) is 0 Å². The largest absolute Gasteiger partial charge is 0.496 e. The molecule has 1 unspecified atom stereocenters. The first kappa shape index (κ1) is 22.7. The quantitative estimate of drug-likeness (QED) is 0.353. The fraction of sp³-hybridized carbons (Fsp3) is 0.370. The van der Waals surface area contributed by atoms with Gasteiger partial charge in [-0.25, -0.2) is 4.98 Å². The maximum atomic E-state index is 6.57. The van der Waals surface area contributed by atoms with Gasteiger partial charge in [-0.2, -0.15) is 0 Å². The third-order valence-electron chi connectivity index (χ3n) is 6.19. The maximum absolute atomic E-state index is 6.57. The lowest BCUT2D eigenvalue weighted by atomic mass is 9.86. The molecule has 1 saturated carbocycles. The van der Waals surface area contributed by atoms with Gasteiger partial charge in [0.05, 0.1) is 23.9 Å². The van der Waals surface area contributed by atoms with E-state index in [0.717, 1.165) is 44.9 Å². The highest BCUT2D eigenvalue weighted by molar-refractivity contribution is 7.16. The Hall–Kier alpha value is -2.48. The van der Waals surface area contributed by atoms with Crippen LogP contribution in [-0.2, 0) is 0 Å². The molecule has 4 rings (SSSR count). The minimum absolute atomic E-state index is 0.121. The van der Waals surface area contributed by atoms with Crippen molar-refractivity contribution in [2.45, 2.75) is 52.0 Å². The first-order valence-electron chi connectivity index (χ1n) is 11.0. The molecule has 0 bridgehead atoms. The molecule has 1 aromatic heterocycles. The third-order valence-corrected chi connectivity index (χ3v) is 7.40. The molecule has 0 amide bonds. The Kier molecular flexibility index (Phi) is 6.79. The topological polar surface area (TPSA) is 34.2 Å². The highest BCUT2D eigenvalue weighted by Gasteiger charge is 2.31. The van der Waals surface area contributed by atoms with Crippen molar-refractivity contribution >= 4 is 28.1 Å². The zero-order valence-corrected chi connectivity index (χ0v) is 20.6. The van der Waals surface area contributed by atoms with Crippen molar-refractivity contribution in [2.24, 2.45) is 5.92 Å². The van der Waals surface area contributed by atoms with Crippen LogP contribution in [-0.4, -0.2) is 18.1 Å². The fourth-order valence-corrected chi connectivity index (χ4v) is 5.26. The lowest BCUT2D eigenvalue weighted by molar-refractivity contribution is 0.412. The molecular formula is C27H29ClN2OS. The predicted molar refractivity (Wildman–Crippen MR) is 136 cm³/mol. The third kappa shape index (κ3) is 4.95. The molecule has 5 heteroatoms. The number of aryl methyl sites for hydroxylation is 3. The number of methoxy groups -OCH3 is 1. The van der Waals surface area contributed by atoms with Crippen molar-refractivity contribution in [3.63, 3.8) is 0 Å². The Morgan fingerprint density at radius 1 is 1.22 bits per heavy atom. The highest BCUT2D eigenvalue weighted by atomic mass is 35.5. The number of hydrogen-bond acceptors (Lipinski definition) is 4. The summed E-state index contributed by atoms with van der Waals surface area (Å²) in [6, 6.07) is 12.5. The van der Waals surface area contributed by atoms with Crippen LogP contribution in [0.15, 0.2) is 36.4 Å². The molecule has 166 valence electrons. The van der Waals surface area contributed by atoms with E-state index in [4.69, 9.17) is 27.7 Å². The number of hydrogen-bond donors (Lipinski definition) is 1. The van der Waals surface area contributed by atoms with E-state index in [1.165, 1.54) is 24.0 Å². The van der Waals surface area contributed by atoms with Crippen LogP contribution in [0.3, 0.4) is 0 Å². The number of halogens is 1. The number of rotatable bonds is 8. The second-order valence-electron chi connectivity index (χ2n) is 8.71. The van der Waals surface area contributed by atoms with Crippen LogP contribution < -0.4 is 10.1 Å². The van der Waals surface area contributed by atoms with Crippen molar-refractivity contribution < 1.29 is 4.74 Å². The zero-order chi connectivity index (χ0) is 22.8. The van der Waals surface area contributed by atoms with E-state index < -0.39 is 0 Å². The van der Waals surface area contributed by atoms with Crippen molar-refractivity contribution in [3.05, 3.63) is 63.0 Å². The molecule has 1 fully saturated rings. The van der Waals surface area contributed by atoms with Gasteiger partial charge in [-0.05, 0) is 56.4 Å². The standard InChI is InChI=1S/C27H29ClN2OS/c1-6-24(21(14-19-9-10-19)20-11-7-16(2)8-12-20)29-27-30-26(18(4)32-27)22-13-17(3)25(31-5)15-23(22)28/h1,7-8,11-13,15,19,21,24H,9-10,14H2,2-5H3,(H,29,30)/t21-,24?/m0/s1. The SMILES string of the molecule is C#CC(Nc1nc(-c2cc(C)c(OC)cc2Cl)c(C)s1)[C@@H](CC1CC1)c1ccc(C)cc1. The van der Waals surface area contributed by atoms with Crippen LogP contribution >= 0.6 is 22.9 Å². The number of aromatic nitrogens is 1. The minimum atomic E-state index is -0.121. The lowest BCUT2D eigenvalue weighted by Gasteiger charge is -2.24. The zero-order valence-electron chi connectivity index (χ0n) is 19.0. The van der Waals surface area contributed by atoms with E-state index in [2.05, 4.69) is 49.4 Å². The molecule has 0 spiro atoms. The molecule has 1 heterocycles. The summed E-state index contributed by atoms with van der Waals surface area (Å²) in [5.74, 6) is 4.82. The van der Waals surface area contributed by atoms with E-state index in [-0.39, 0.29) is 12.0 Å². The molecule has 0 radical (unpaired) electrons. The van der Waals surface area contributed by atoms with Crippen LogP contribution in [0, 0.1) is 39.0 Å². The predicted octanol–water partition coefficient (Wildman–Crippen LogP) is 7.39. The van der Waals surface area contributed by atoms with Gasteiger partial charge >= 0.3 is 0 Å². The van der Waals surface area contributed by atoms with Crippen molar-refractivity contribution in [2.75, 3.05) is 12.4 Å². The van der Waals surface area contributed by atoms with E-state index in [0.29, 0.717) is 5.02 Å². The Labute approximate surface area is 200 Å². The first-order valence-corrected chi connectivity index (χ1v) is 12.2. The molecule has 3 nitrogen and oxygen atoms in total. The molecule has 1 aliphatic rings. The minimum Gasteiger partial charge on any atom is -0.496 e. The Morgan fingerprint density at radius 3 is 2.56 bits per heavy atom. The fourth-order valence-electron chi connectivity index (χ4n) is 4.16. The number of benzene rings is 2. The Balaban J connectivity index is 1.62. The molecule has 2 aromatic carbocycles. The van der Waals surface area contributed by atoms with Crippen molar-refractivity contribution in [1.82, 2.24) is 4.98 Å². The summed E-state index contributed by atoms with van der Waals surface area (Å²) in [6.45, 7) is 6.20. The molecular weight excluding hydrogens is 436 g/mol. The molecule has 0 saturated heterocycles. The average molecular weight is 465 g/mol. The van der Waals surface area contributed by atoms with Crippen LogP contribution in [0.4, 0.5) is 5.13 Å². The van der Waals surface area contributed by atoms with Gasteiger partial charge in [-0.15, -0.1) is 17.8 Å². The molecule has 2 atom stereocenters. The van der Waals surface area contributed by atoms with Crippen molar-refractivity contribution in [3.8, 4) is 29.4 Å². The number of nitrogens with zero attached hydrogens (tertiary/aromatic N) is 1. The van der Waals surface area contributed by atoms with Gasteiger partial charge < -0.3 is 10.1 Å². The molecule has 1 aliphatic carbocycles. The lowest BCUT2D eigenvalue weighted by Crippen LogP contribution is -2.26. The van der Waals surface area contributed by atoms with Gasteiger partial charge in [0.1, 0.15) is 5.75 Å². The summed E-state index contributed by atoms with van der Waals surface area (Å²) < 4.78 is 5.39. The van der Waals surface area contributed by atoms with E-state index >= 15 is 0 Å². The normalized spacial score (nSPS) is 15.1.